The van der Waals surface area contributed by atoms with E-state index in [0.29, 0.717) is 12.3 Å². The van der Waals surface area contributed by atoms with Crippen LogP contribution in [0.3, 0.4) is 0 Å². The fourth-order valence-electron chi connectivity index (χ4n) is 3.11. The fraction of sp³-hybridized carbons (Fsp3) is 0.200. The topological polar surface area (TPSA) is 65.1 Å². The molecule has 0 aromatic heterocycles. The van der Waals surface area contributed by atoms with E-state index in [2.05, 4.69) is 0 Å². The van der Waals surface area contributed by atoms with Gasteiger partial charge in [-0.3, -0.25) is 4.79 Å². The van der Waals surface area contributed by atoms with Crippen LogP contribution in [0.25, 0.3) is 16.8 Å². The van der Waals surface area contributed by atoms with Gasteiger partial charge in [0.15, 0.2) is 6.61 Å². The maximum absolute atomic E-state index is 12.3. The number of rotatable bonds is 8. The first-order chi connectivity index (χ1) is 15.0. The number of likely N-dealkylation sites (N-methyl/N-ethyl adjacent to an activating group) is 1. The molecule has 6 heteroatoms. The Hall–Kier alpha value is -3.80. The zero-order valence-corrected chi connectivity index (χ0v) is 17.8. The van der Waals surface area contributed by atoms with Crippen LogP contribution in [0.2, 0.25) is 0 Å². The van der Waals surface area contributed by atoms with E-state index in [4.69, 9.17) is 14.2 Å². The second kappa shape index (κ2) is 10.3. The molecule has 3 rings (SSSR count). The highest BCUT2D eigenvalue weighted by Crippen LogP contribution is 2.22. The van der Waals surface area contributed by atoms with Crippen LogP contribution >= 0.6 is 0 Å². The molecule has 0 saturated heterocycles. The SMILES string of the molecule is COc1ccc2cc(/C=C/C(=O)OCC(=O)N(C)Cc3ccccc3OC)ccc2c1. The largest absolute Gasteiger partial charge is 0.497 e. The van der Waals surface area contributed by atoms with Gasteiger partial charge in [0.1, 0.15) is 11.5 Å². The van der Waals surface area contributed by atoms with Crippen LogP contribution in [0, 0.1) is 0 Å². The minimum Gasteiger partial charge on any atom is -0.497 e. The molecule has 0 spiro atoms. The van der Waals surface area contributed by atoms with E-state index in [0.717, 1.165) is 27.6 Å². The molecule has 0 bridgehead atoms. The van der Waals surface area contributed by atoms with Crippen molar-refractivity contribution < 1.29 is 23.8 Å². The molecule has 0 N–H and O–H groups in total. The quantitative estimate of drug-likeness (QED) is 0.407. The van der Waals surface area contributed by atoms with Crippen LogP contribution in [0.15, 0.2) is 66.7 Å². The number of carbonyl (C=O) groups is 2. The van der Waals surface area contributed by atoms with Gasteiger partial charge < -0.3 is 19.1 Å². The Bertz CT molecular complexity index is 1110. The van der Waals surface area contributed by atoms with Gasteiger partial charge >= 0.3 is 5.97 Å². The minimum atomic E-state index is -0.575. The number of carbonyl (C=O) groups excluding carboxylic acids is 2. The van der Waals surface area contributed by atoms with Crippen molar-refractivity contribution in [1.82, 2.24) is 4.90 Å². The molecule has 3 aromatic carbocycles. The standard InChI is InChI=1S/C25H25NO5/c1-26(16-21-6-4-5-7-23(21)30-3)24(27)17-31-25(28)13-9-18-8-10-20-15-22(29-2)12-11-19(20)14-18/h4-15H,16-17H2,1-3H3/b13-9+. The second-order valence-electron chi connectivity index (χ2n) is 6.98. The molecule has 0 aliphatic heterocycles. The van der Waals surface area contributed by atoms with Gasteiger partial charge in [-0.2, -0.15) is 0 Å². The first-order valence-electron chi connectivity index (χ1n) is 9.78. The van der Waals surface area contributed by atoms with Crippen molar-refractivity contribution in [3.8, 4) is 11.5 Å². The number of ether oxygens (including phenoxy) is 3. The number of fused-ring (bicyclic) bond motifs is 1. The Balaban J connectivity index is 1.53. The smallest absolute Gasteiger partial charge is 0.331 e. The van der Waals surface area contributed by atoms with Gasteiger partial charge in [-0.15, -0.1) is 0 Å². The summed E-state index contributed by atoms with van der Waals surface area (Å²) in [4.78, 5) is 25.8. The Labute approximate surface area is 181 Å². The fourth-order valence-corrected chi connectivity index (χ4v) is 3.11. The maximum Gasteiger partial charge on any atom is 0.331 e. The average molecular weight is 419 g/mol. The van der Waals surface area contributed by atoms with E-state index >= 15 is 0 Å². The molecule has 6 nitrogen and oxygen atoms in total. The van der Waals surface area contributed by atoms with Crippen LogP contribution in [0.1, 0.15) is 11.1 Å². The number of amides is 1. The van der Waals surface area contributed by atoms with E-state index in [1.165, 1.54) is 11.0 Å². The third-order valence-electron chi connectivity index (χ3n) is 4.85. The lowest BCUT2D eigenvalue weighted by atomic mass is 10.1. The summed E-state index contributed by atoms with van der Waals surface area (Å²) < 4.78 is 15.6. The molecule has 0 saturated carbocycles. The van der Waals surface area contributed by atoms with Crippen LogP contribution in [-0.2, 0) is 20.9 Å². The number of hydrogen-bond acceptors (Lipinski definition) is 5. The molecule has 0 aliphatic rings. The molecule has 3 aromatic rings. The molecule has 31 heavy (non-hydrogen) atoms. The highest BCUT2D eigenvalue weighted by Gasteiger charge is 2.13. The van der Waals surface area contributed by atoms with E-state index in [-0.39, 0.29) is 12.5 Å². The molecule has 0 aliphatic carbocycles. The Morgan fingerprint density at radius 2 is 1.68 bits per heavy atom. The third-order valence-corrected chi connectivity index (χ3v) is 4.85. The molecule has 0 heterocycles. The predicted octanol–water partition coefficient (Wildman–Crippen LogP) is 4.07. The zero-order valence-electron chi connectivity index (χ0n) is 17.8. The Morgan fingerprint density at radius 1 is 0.935 bits per heavy atom. The molecule has 160 valence electrons. The Kier molecular flexibility index (Phi) is 7.27. The molecular formula is C25H25NO5. The highest BCUT2D eigenvalue weighted by molar-refractivity contribution is 5.91. The zero-order chi connectivity index (χ0) is 22.2. The van der Waals surface area contributed by atoms with Crippen LogP contribution in [0.5, 0.6) is 11.5 Å². The maximum atomic E-state index is 12.3. The number of esters is 1. The number of para-hydroxylation sites is 1. The lowest BCUT2D eigenvalue weighted by Crippen LogP contribution is -2.30. The van der Waals surface area contributed by atoms with Crippen LogP contribution < -0.4 is 9.47 Å². The monoisotopic (exact) mass is 419 g/mol. The summed E-state index contributed by atoms with van der Waals surface area (Å²) in [7, 11) is 4.87. The van der Waals surface area contributed by atoms with Crippen molar-refractivity contribution in [2.45, 2.75) is 6.54 Å². The van der Waals surface area contributed by atoms with Crippen molar-refractivity contribution in [3.63, 3.8) is 0 Å². The number of benzene rings is 3. The van der Waals surface area contributed by atoms with Crippen LogP contribution in [0.4, 0.5) is 0 Å². The van der Waals surface area contributed by atoms with Gasteiger partial charge in [-0.05, 0) is 46.7 Å². The van der Waals surface area contributed by atoms with Crippen molar-refractivity contribution >= 4 is 28.7 Å². The van der Waals surface area contributed by atoms with E-state index in [1.807, 2.05) is 60.7 Å². The normalized spacial score (nSPS) is 10.8. The number of methoxy groups -OCH3 is 2. The average Bonchev–Trinajstić information content (AvgIpc) is 2.80. The van der Waals surface area contributed by atoms with Gasteiger partial charge in [-0.1, -0.05) is 36.4 Å². The summed E-state index contributed by atoms with van der Waals surface area (Å²) in [5, 5.41) is 2.08. The molecule has 0 atom stereocenters. The first kappa shape index (κ1) is 21.9. The van der Waals surface area contributed by atoms with Gasteiger partial charge in [0.05, 0.1) is 14.2 Å². The summed E-state index contributed by atoms with van der Waals surface area (Å²) in [5.74, 6) is 0.622. The van der Waals surface area contributed by atoms with Crippen molar-refractivity contribution in [2.24, 2.45) is 0 Å². The summed E-state index contributed by atoms with van der Waals surface area (Å²) in [6.45, 7) is 0.0322. The second-order valence-corrected chi connectivity index (χ2v) is 6.98. The highest BCUT2D eigenvalue weighted by atomic mass is 16.5. The Morgan fingerprint density at radius 3 is 2.45 bits per heavy atom. The van der Waals surface area contributed by atoms with E-state index < -0.39 is 5.97 Å². The van der Waals surface area contributed by atoms with Crippen LogP contribution in [-0.4, -0.2) is 44.7 Å². The molecule has 0 unspecified atom stereocenters. The van der Waals surface area contributed by atoms with Crippen molar-refractivity contribution in [3.05, 3.63) is 77.9 Å². The minimum absolute atomic E-state index is 0.299. The van der Waals surface area contributed by atoms with Crippen molar-refractivity contribution in [2.75, 3.05) is 27.9 Å². The summed E-state index contributed by atoms with van der Waals surface area (Å²) in [5.41, 5.74) is 1.73. The molecule has 0 radical (unpaired) electrons. The number of hydrogen-bond donors (Lipinski definition) is 0. The van der Waals surface area contributed by atoms with Gasteiger partial charge in [-0.25, -0.2) is 4.79 Å². The van der Waals surface area contributed by atoms with Gasteiger partial charge in [0.2, 0.25) is 0 Å². The number of nitrogens with zero attached hydrogens (tertiary/aromatic N) is 1. The summed E-state index contributed by atoms with van der Waals surface area (Å²) >= 11 is 0. The molecule has 0 fully saturated rings. The summed E-state index contributed by atoms with van der Waals surface area (Å²) in [6, 6.07) is 19.1. The lowest BCUT2D eigenvalue weighted by molar-refractivity contribution is -0.147. The first-order valence-corrected chi connectivity index (χ1v) is 9.78. The van der Waals surface area contributed by atoms with Gasteiger partial charge in [0, 0.05) is 25.2 Å². The predicted molar refractivity (Wildman–Crippen MR) is 120 cm³/mol. The molecule has 1 amide bonds. The third kappa shape index (κ3) is 5.85. The van der Waals surface area contributed by atoms with Gasteiger partial charge in [0.25, 0.3) is 5.91 Å². The van der Waals surface area contributed by atoms with E-state index in [1.54, 1.807) is 27.3 Å². The van der Waals surface area contributed by atoms with Crippen molar-refractivity contribution in [1.29, 1.82) is 0 Å². The summed E-state index contributed by atoms with van der Waals surface area (Å²) in [6.07, 6.45) is 2.98. The van der Waals surface area contributed by atoms with E-state index in [9.17, 15) is 9.59 Å². The molecular weight excluding hydrogens is 394 g/mol. The lowest BCUT2D eigenvalue weighted by Gasteiger charge is -2.18.